The van der Waals surface area contributed by atoms with Crippen molar-refractivity contribution in [3.8, 4) is 0 Å². The molecule has 0 heterocycles. The molecule has 116 valence electrons. The minimum absolute atomic E-state index is 0.292. The summed E-state index contributed by atoms with van der Waals surface area (Å²) in [6.45, 7) is 5.31. The number of sulfonamides is 1. The monoisotopic (exact) mass is 312 g/mol. The number of ether oxygens (including phenoxy) is 1. The van der Waals surface area contributed by atoms with Crippen LogP contribution in [0.15, 0.2) is 24.3 Å². The Hall–Kier alpha value is -1.76. The highest BCUT2D eigenvalue weighted by Crippen LogP contribution is 2.30. The van der Waals surface area contributed by atoms with Gasteiger partial charge in [-0.25, -0.2) is 13.2 Å². The van der Waals surface area contributed by atoms with Crippen molar-refractivity contribution >= 4 is 27.5 Å². The van der Waals surface area contributed by atoms with Gasteiger partial charge in [0.1, 0.15) is 5.60 Å². The van der Waals surface area contributed by atoms with Crippen molar-refractivity contribution in [3.05, 3.63) is 24.3 Å². The summed E-state index contributed by atoms with van der Waals surface area (Å²) in [6.07, 6.45) is 0.820. The molecule has 0 bridgehead atoms. The first-order chi connectivity index (χ1) is 9.66. The Kier molecular flexibility index (Phi) is 4.13. The molecule has 2 rings (SSSR count). The van der Waals surface area contributed by atoms with Crippen LogP contribution < -0.4 is 10.0 Å². The van der Waals surface area contributed by atoms with Crippen molar-refractivity contribution in [3.63, 3.8) is 0 Å². The van der Waals surface area contributed by atoms with Gasteiger partial charge >= 0.3 is 6.09 Å². The maximum absolute atomic E-state index is 11.9. The van der Waals surface area contributed by atoms with E-state index in [2.05, 4.69) is 10.0 Å². The van der Waals surface area contributed by atoms with Crippen molar-refractivity contribution in [2.45, 2.75) is 44.5 Å². The summed E-state index contributed by atoms with van der Waals surface area (Å²) in [5.41, 5.74) is 0.311. The normalized spacial score (nSPS) is 15.4. The molecule has 7 heteroatoms. The van der Waals surface area contributed by atoms with Gasteiger partial charge in [0.15, 0.2) is 0 Å². The maximum Gasteiger partial charge on any atom is 0.412 e. The molecule has 1 fully saturated rings. The van der Waals surface area contributed by atoms with Crippen molar-refractivity contribution in [2.24, 2.45) is 0 Å². The van der Waals surface area contributed by atoms with E-state index < -0.39 is 21.7 Å². The van der Waals surface area contributed by atoms with Crippen molar-refractivity contribution in [2.75, 3.05) is 10.0 Å². The number of amides is 1. The number of benzene rings is 1. The van der Waals surface area contributed by atoms with Crippen LogP contribution in [0.3, 0.4) is 0 Å². The lowest BCUT2D eigenvalue weighted by Crippen LogP contribution is -2.27. The molecule has 1 aromatic carbocycles. The summed E-state index contributed by atoms with van der Waals surface area (Å²) in [5, 5.41) is 2.28. The SMILES string of the molecule is CC(C)(C)OC(=O)Nc1cccc(NS(=O)(=O)C2CC2)c1. The zero-order valence-electron chi connectivity index (χ0n) is 12.3. The molecule has 0 aliphatic heterocycles. The zero-order valence-corrected chi connectivity index (χ0v) is 13.2. The molecule has 0 unspecified atom stereocenters. The van der Waals surface area contributed by atoms with Gasteiger partial charge in [-0.05, 0) is 51.8 Å². The molecular formula is C14H20N2O4S. The third-order valence-corrected chi connectivity index (χ3v) is 4.60. The largest absolute Gasteiger partial charge is 0.444 e. The summed E-state index contributed by atoms with van der Waals surface area (Å²) in [5.74, 6) is 0. The minimum Gasteiger partial charge on any atom is -0.444 e. The van der Waals surface area contributed by atoms with Crippen molar-refractivity contribution in [1.29, 1.82) is 0 Å². The average molecular weight is 312 g/mol. The van der Waals surface area contributed by atoms with Crippen molar-refractivity contribution < 1.29 is 17.9 Å². The van der Waals surface area contributed by atoms with Gasteiger partial charge in [-0.15, -0.1) is 0 Å². The van der Waals surface area contributed by atoms with E-state index in [4.69, 9.17) is 4.74 Å². The Morgan fingerprint density at radius 3 is 2.43 bits per heavy atom. The molecule has 0 aromatic heterocycles. The van der Waals surface area contributed by atoms with Gasteiger partial charge in [0.05, 0.1) is 10.9 Å². The topological polar surface area (TPSA) is 84.5 Å². The second kappa shape index (κ2) is 5.55. The lowest BCUT2D eigenvalue weighted by Gasteiger charge is -2.19. The molecule has 1 aliphatic carbocycles. The van der Waals surface area contributed by atoms with Gasteiger partial charge in [-0.1, -0.05) is 6.07 Å². The molecule has 6 nitrogen and oxygen atoms in total. The highest BCUT2D eigenvalue weighted by atomic mass is 32.2. The fourth-order valence-corrected chi connectivity index (χ4v) is 3.09. The third kappa shape index (κ3) is 4.93. The van der Waals surface area contributed by atoms with Gasteiger partial charge in [0, 0.05) is 5.69 Å². The molecule has 21 heavy (non-hydrogen) atoms. The minimum atomic E-state index is -3.31. The Balaban J connectivity index is 2.02. The Morgan fingerprint density at radius 2 is 1.86 bits per heavy atom. The van der Waals surface area contributed by atoms with Crippen LogP contribution in [0, 0.1) is 0 Å². The number of carbonyl (C=O) groups is 1. The maximum atomic E-state index is 11.9. The van der Waals surface area contributed by atoms with Crippen LogP contribution in [0.5, 0.6) is 0 Å². The molecule has 0 spiro atoms. The van der Waals surface area contributed by atoms with Crippen LogP contribution in [0.4, 0.5) is 16.2 Å². The summed E-state index contributed by atoms with van der Waals surface area (Å²) >= 11 is 0. The van der Waals surface area contributed by atoms with Crippen LogP contribution in [-0.2, 0) is 14.8 Å². The second-order valence-electron chi connectivity index (χ2n) is 6.05. The third-order valence-electron chi connectivity index (χ3n) is 2.73. The summed E-state index contributed by atoms with van der Waals surface area (Å²) in [7, 11) is -3.31. The molecule has 1 saturated carbocycles. The molecule has 0 atom stereocenters. The van der Waals surface area contributed by atoms with E-state index in [9.17, 15) is 13.2 Å². The van der Waals surface area contributed by atoms with Gasteiger partial charge in [0.2, 0.25) is 10.0 Å². The van der Waals surface area contributed by atoms with Crippen LogP contribution in [0.1, 0.15) is 33.6 Å². The van der Waals surface area contributed by atoms with E-state index >= 15 is 0 Å². The first kappa shape index (κ1) is 15.6. The molecule has 1 aromatic rings. The van der Waals surface area contributed by atoms with Crippen LogP contribution >= 0.6 is 0 Å². The molecule has 1 amide bonds. The van der Waals surface area contributed by atoms with Crippen LogP contribution in [-0.4, -0.2) is 25.4 Å². The van der Waals surface area contributed by atoms with E-state index in [0.29, 0.717) is 24.2 Å². The summed E-state index contributed by atoms with van der Waals surface area (Å²) in [4.78, 5) is 11.7. The quantitative estimate of drug-likeness (QED) is 0.895. The predicted octanol–water partition coefficient (Wildman–Crippen LogP) is 2.94. The highest BCUT2D eigenvalue weighted by Gasteiger charge is 2.35. The molecule has 0 saturated heterocycles. The van der Waals surface area contributed by atoms with E-state index in [0.717, 1.165) is 0 Å². The first-order valence-electron chi connectivity index (χ1n) is 6.77. The second-order valence-corrected chi connectivity index (χ2v) is 8.01. The number of anilines is 2. The number of carbonyl (C=O) groups excluding carboxylic acids is 1. The predicted molar refractivity (Wildman–Crippen MR) is 81.9 cm³/mol. The van der Waals surface area contributed by atoms with Crippen molar-refractivity contribution in [1.82, 2.24) is 0 Å². The highest BCUT2D eigenvalue weighted by molar-refractivity contribution is 7.93. The number of hydrogen-bond acceptors (Lipinski definition) is 4. The molecule has 2 N–H and O–H groups in total. The number of rotatable bonds is 4. The number of hydrogen-bond donors (Lipinski definition) is 2. The zero-order chi connectivity index (χ0) is 15.7. The standard InChI is InChI=1S/C14H20N2O4S/c1-14(2,3)20-13(17)15-10-5-4-6-11(9-10)16-21(18,19)12-7-8-12/h4-6,9,12,16H,7-8H2,1-3H3,(H,15,17). The summed E-state index contributed by atoms with van der Waals surface area (Å²) in [6, 6.07) is 6.53. The Bertz CT molecular complexity index is 631. The average Bonchev–Trinajstić information content (AvgIpc) is 3.09. The van der Waals surface area contributed by atoms with E-state index in [1.54, 1.807) is 45.0 Å². The molecule has 0 radical (unpaired) electrons. The lowest BCUT2D eigenvalue weighted by atomic mass is 10.2. The molecule has 1 aliphatic rings. The van der Waals surface area contributed by atoms with E-state index in [-0.39, 0.29) is 5.25 Å². The van der Waals surface area contributed by atoms with Gasteiger partial charge in [-0.2, -0.15) is 0 Å². The fraction of sp³-hybridized carbons (Fsp3) is 0.500. The Labute approximate surface area is 124 Å². The number of nitrogens with one attached hydrogen (secondary N) is 2. The Morgan fingerprint density at radius 1 is 1.24 bits per heavy atom. The fourth-order valence-electron chi connectivity index (χ4n) is 1.71. The lowest BCUT2D eigenvalue weighted by molar-refractivity contribution is 0.0636. The van der Waals surface area contributed by atoms with Gasteiger partial charge in [-0.3, -0.25) is 10.0 Å². The molecular weight excluding hydrogens is 292 g/mol. The summed E-state index contributed by atoms with van der Waals surface area (Å²) < 4.78 is 31.4. The van der Waals surface area contributed by atoms with E-state index in [1.165, 1.54) is 0 Å². The smallest absolute Gasteiger partial charge is 0.412 e. The van der Waals surface area contributed by atoms with Crippen LogP contribution in [0.25, 0.3) is 0 Å². The van der Waals surface area contributed by atoms with Crippen LogP contribution in [0.2, 0.25) is 0 Å². The first-order valence-corrected chi connectivity index (χ1v) is 8.32. The van der Waals surface area contributed by atoms with Gasteiger partial charge < -0.3 is 4.74 Å². The van der Waals surface area contributed by atoms with Gasteiger partial charge in [0.25, 0.3) is 0 Å². The van der Waals surface area contributed by atoms with E-state index in [1.807, 2.05) is 0 Å².